The van der Waals surface area contributed by atoms with Gasteiger partial charge >= 0.3 is 0 Å². The first kappa shape index (κ1) is 12.0. The van der Waals surface area contributed by atoms with Crippen LogP contribution < -0.4 is 10.7 Å². The van der Waals surface area contributed by atoms with E-state index in [1.807, 2.05) is 0 Å². The summed E-state index contributed by atoms with van der Waals surface area (Å²) in [6, 6.07) is 8.78. The third-order valence-electron chi connectivity index (χ3n) is 4.00. The summed E-state index contributed by atoms with van der Waals surface area (Å²) < 4.78 is 0. The maximum Gasteiger partial charge on any atom is 0.0554 e. The molecule has 0 amide bonds. The molecule has 4 nitrogen and oxygen atoms in total. The van der Waals surface area contributed by atoms with E-state index in [-0.39, 0.29) is 0 Å². The van der Waals surface area contributed by atoms with Gasteiger partial charge in [0.05, 0.1) is 5.69 Å². The van der Waals surface area contributed by atoms with Crippen molar-refractivity contribution in [1.29, 1.82) is 0 Å². The Balaban J connectivity index is 1.64. The molecule has 4 heteroatoms. The molecule has 0 spiro atoms. The SMILES string of the molecule is NCCN1CCN(N2CCc3ccccc32)CC1. The van der Waals surface area contributed by atoms with E-state index in [9.17, 15) is 0 Å². The molecule has 0 aromatic heterocycles. The van der Waals surface area contributed by atoms with E-state index in [1.165, 1.54) is 17.7 Å². The van der Waals surface area contributed by atoms with Crippen LogP contribution >= 0.6 is 0 Å². The fourth-order valence-electron chi connectivity index (χ4n) is 3.00. The molecule has 18 heavy (non-hydrogen) atoms. The quantitative estimate of drug-likeness (QED) is 0.844. The van der Waals surface area contributed by atoms with Crippen LogP contribution in [0.1, 0.15) is 5.56 Å². The number of para-hydroxylation sites is 1. The van der Waals surface area contributed by atoms with Crippen molar-refractivity contribution in [3.05, 3.63) is 29.8 Å². The lowest BCUT2D eigenvalue weighted by Crippen LogP contribution is -2.54. The highest BCUT2D eigenvalue weighted by Gasteiger charge is 2.26. The summed E-state index contributed by atoms with van der Waals surface area (Å²) in [4.78, 5) is 2.46. The lowest BCUT2D eigenvalue weighted by Gasteiger charge is -2.40. The Hall–Kier alpha value is -1.10. The van der Waals surface area contributed by atoms with Crippen LogP contribution in [0.25, 0.3) is 0 Å². The number of fused-ring (bicyclic) bond motifs is 1. The molecule has 1 aromatic rings. The second-order valence-electron chi connectivity index (χ2n) is 5.09. The molecule has 0 unspecified atom stereocenters. The standard InChI is InChI=1S/C14H22N4/c15-6-8-16-9-11-17(12-10-16)18-7-5-13-3-1-2-4-14(13)18/h1-4H,5-12,15H2. The van der Waals surface area contributed by atoms with Gasteiger partial charge in [0, 0.05) is 45.8 Å². The first-order valence-electron chi connectivity index (χ1n) is 6.91. The average Bonchev–Trinajstić information content (AvgIpc) is 2.84. The highest BCUT2D eigenvalue weighted by molar-refractivity contribution is 5.56. The molecule has 2 N–H and O–H groups in total. The number of rotatable bonds is 3. The molecule has 1 aromatic carbocycles. The topological polar surface area (TPSA) is 35.7 Å². The number of hydrogen-bond acceptors (Lipinski definition) is 4. The van der Waals surface area contributed by atoms with Gasteiger partial charge in [-0.25, -0.2) is 5.01 Å². The molecule has 0 aliphatic carbocycles. The summed E-state index contributed by atoms with van der Waals surface area (Å²) in [7, 11) is 0. The summed E-state index contributed by atoms with van der Waals surface area (Å²) in [5.41, 5.74) is 8.51. The van der Waals surface area contributed by atoms with E-state index in [0.717, 1.165) is 45.8 Å². The van der Waals surface area contributed by atoms with Crippen molar-refractivity contribution in [2.75, 3.05) is 50.8 Å². The van der Waals surface area contributed by atoms with Crippen LogP contribution in [0.15, 0.2) is 24.3 Å². The van der Waals surface area contributed by atoms with Crippen LogP contribution in [0, 0.1) is 0 Å². The molecule has 2 heterocycles. The Kier molecular flexibility index (Phi) is 3.50. The van der Waals surface area contributed by atoms with Crippen LogP contribution in [0.5, 0.6) is 0 Å². The number of anilines is 1. The van der Waals surface area contributed by atoms with Gasteiger partial charge in [-0.3, -0.25) is 4.90 Å². The molecule has 2 aliphatic rings. The van der Waals surface area contributed by atoms with Crippen LogP contribution in [-0.4, -0.2) is 55.7 Å². The fourth-order valence-corrected chi connectivity index (χ4v) is 3.00. The summed E-state index contributed by atoms with van der Waals surface area (Å²) in [6.45, 7) is 7.45. The molecule has 0 atom stereocenters. The van der Waals surface area contributed by atoms with E-state index in [0.29, 0.717) is 0 Å². The molecular formula is C14H22N4. The zero-order valence-electron chi connectivity index (χ0n) is 10.9. The number of nitrogens with zero attached hydrogens (tertiary/aromatic N) is 3. The second kappa shape index (κ2) is 5.26. The Morgan fingerprint density at radius 2 is 1.78 bits per heavy atom. The molecule has 1 saturated heterocycles. The second-order valence-corrected chi connectivity index (χ2v) is 5.09. The van der Waals surface area contributed by atoms with E-state index in [4.69, 9.17) is 5.73 Å². The molecule has 0 radical (unpaired) electrons. The Bertz CT molecular complexity index is 399. The number of benzene rings is 1. The van der Waals surface area contributed by atoms with E-state index >= 15 is 0 Å². The number of piperazine rings is 1. The molecule has 0 bridgehead atoms. The maximum atomic E-state index is 5.61. The summed E-state index contributed by atoms with van der Waals surface area (Å²) >= 11 is 0. The molecule has 0 saturated carbocycles. The first-order chi connectivity index (χ1) is 8.88. The highest BCUT2D eigenvalue weighted by atomic mass is 15.6. The van der Waals surface area contributed by atoms with Gasteiger partial charge in [-0.15, -0.1) is 0 Å². The zero-order chi connectivity index (χ0) is 12.4. The fraction of sp³-hybridized carbons (Fsp3) is 0.571. The van der Waals surface area contributed by atoms with Crippen molar-refractivity contribution in [1.82, 2.24) is 9.91 Å². The molecule has 3 rings (SSSR count). The lowest BCUT2D eigenvalue weighted by atomic mass is 10.2. The monoisotopic (exact) mass is 246 g/mol. The van der Waals surface area contributed by atoms with Gasteiger partial charge in [-0.2, -0.15) is 0 Å². The third kappa shape index (κ3) is 2.23. The Labute approximate surface area is 109 Å². The largest absolute Gasteiger partial charge is 0.329 e. The van der Waals surface area contributed by atoms with Crippen molar-refractivity contribution < 1.29 is 0 Å². The van der Waals surface area contributed by atoms with Crippen molar-refractivity contribution in [2.45, 2.75) is 6.42 Å². The van der Waals surface area contributed by atoms with Crippen LogP contribution in [0.2, 0.25) is 0 Å². The smallest absolute Gasteiger partial charge is 0.0554 e. The van der Waals surface area contributed by atoms with Gasteiger partial charge in [0.2, 0.25) is 0 Å². The predicted octanol–water partition coefficient (Wildman–Crippen LogP) is 0.540. The molecule has 98 valence electrons. The van der Waals surface area contributed by atoms with Gasteiger partial charge in [-0.1, -0.05) is 18.2 Å². The maximum absolute atomic E-state index is 5.61. The van der Waals surface area contributed by atoms with Gasteiger partial charge in [0.1, 0.15) is 0 Å². The van der Waals surface area contributed by atoms with Crippen LogP contribution in [0.4, 0.5) is 5.69 Å². The minimum atomic E-state index is 0.770. The molecule has 1 fully saturated rings. The van der Waals surface area contributed by atoms with E-state index < -0.39 is 0 Å². The first-order valence-corrected chi connectivity index (χ1v) is 6.91. The summed E-state index contributed by atoms with van der Waals surface area (Å²) in [5, 5.41) is 4.97. The van der Waals surface area contributed by atoms with Crippen LogP contribution in [-0.2, 0) is 6.42 Å². The molecule has 2 aliphatic heterocycles. The highest BCUT2D eigenvalue weighted by Crippen LogP contribution is 2.29. The average molecular weight is 246 g/mol. The minimum Gasteiger partial charge on any atom is -0.329 e. The number of hydrazine groups is 1. The van der Waals surface area contributed by atoms with Crippen molar-refractivity contribution in [3.63, 3.8) is 0 Å². The lowest BCUT2D eigenvalue weighted by molar-refractivity contribution is 0.126. The third-order valence-corrected chi connectivity index (χ3v) is 4.00. The summed E-state index contributed by atoms with van der Waals surface area (Å²) in [5.74, 6) is 0. The van der Waals surface area contributed by atoms with E-state index in [2.05, 4.69) is 39.2 Å². The minimum absolute atomic E-state index is 0.770. The normalized spacial score (nSPS) is 21.3. The Morgan fingerprint density at radius 3 is 2.56 bits per heavy atom. The van der Waals surface area contributed by atoms with Gasteiger partial charge < -0.3 is 10.7 Å². The zero-order valence-corrected chi connectivity index (χ0v) is 10.9. The van der Waals surface area contributed by atoms with Gasteiger partial charge in [0.25, 0.3) is 0 Å². The number of hydrogen-bond donors (Lipinski definition) is 1. The Morgan fingerprint density at radius 1 is 1.00 bits per heavy atom. The molecular weight excluding hydrogens is 224 g/mol. The summed E-state index contributed by atoms with van der Waals surface area (Å²) in [6.07, 6.45) is 1.18. The van der Waals surface area contributed by atoms with Crippen molar-refractivity contribution >= 4 is 5.69 Å². The van der Waals surface area contributed by atoms with Crippen molar-refractivity contribution in [3.8, 4) is 0 Å². The van der Waals surface area contributed by atoms with Crippen molar-refractivity contribution in [2.24, 2.45) is 5.73 Å². The van der Waals surface area contributed by atoms with Gasteiger partial charge in [-0.05, 0) is 18.1 Å². The van der Waals surface area contributed by atoms with Crippen LogP contribution in [0.3, 0.4) is 0 Å². The number of nitrogens with two attached hydrogens (primary N) is 1. The predicted molar refractivity (Wildman–Crippen MR) is 74.6 cm³/mol. The van der Waals surface area contributed by atoms with E-state index in [1.54, 1.807) is 0 Å². The van der Waals surface area contributed by atoms with Gasteiger partial charge in [0.15, 0.2) is 0 Å².